The van der Waals surface area contributed by atoms with E-state index in [9.17, 15) is 9.59 Å². The largest absolute Gasteiger partial charge is 0.477 e. The van der Waals surface area contributed by atoms with Crippen molar-refractivity contribution in [3.05, 3.63) is 33.0 Å². The lowest BCUT2D eigenvalue weighted by atomic mass is 10.3. The average Bonchev–Trinajstić information content (AvgIpc) is 3.00. The Kier molecular flexibility index (Phi) is 4.53. The van der Waals surface area contributed by atoms with Crippen LogP contribution in [-0.2, 0) is 13.1 Å². The third-order valence-corrected chi connectivity index (χ3v) is 3.95. The van der Waals surface area contributed by atoms with E-state index in [0.29, 0.717) is 17.2 Å². The number of aromatic nitrogens is 3. The Balaban J connectivity index is 1.82. The highest BCUT2D eigenvalue weighted by Gasteiger charge is 2.14. The van der Waals surface area contributed by atoms with Crippen molar-refractivity contribution in [2.75, 3.05) is 0 Å². The quantitative estimate of drug-likeness (QED) is 0.661. The molecule has 0 saturated carbocycles. The molecule has 0 aromatic carbocycles. The fraction of sp³-hybridized carbons (Fsp3) is 0.333. The van der Waals surface area contributed by atoms with Crippen LogP contribution < -0.4 is 10.6 Å². The standard InChI is InChI=1S/C12H15N5O3S/c1-6-8(4-15-17-6)3-13-12(20)14-5-9-16-7(2)10(21-9)11(18)19/h4H,3,5H2,1-2H3,(H,15,17)(H,18,19)(H2,13,14,20). The molecule has 9 heteroatoms. The predicted octanol–water partition coefficient (Wildman–Crippen LogP) is 1.18. The molecule has 112 valence electrons. The zero-order chi connectivity index (χ0) is 15.4. The second kappa shape index (κ2) is 6.35. The molecule has 2 rings (SSSR count). The van der Waals surface area contributed by atoms with Crippen LogP contribution >= 0.6 is 11.3 Å². The summed E-state index contributed by atoms with van der Waals surface area (Å²) in [5, 5.41) is 21.5. The molecule has 0 atom stereocenters. The average molecular weight is 309 g/mol. The van der Waals surface area contributed by atoms with Crippen LogP contribution in [0.5, 0.6) is 0 Å². The van der Waals surface area contributed by atoms with Crippen LogP contribution in [0.3, 0.4) is 0 Å². The summed E-state index contributed by atoms with van der Waals surface area (Å²) in [5.74, 6) is -1.00. The van der Waals surface area contributed by atoms with Gasteiger partial charge in [-0.1, -0.05) is 0 Å². The number of aromatic carboxylic acids is 1. The number of aromatic amines is 1. The highest BCUT2D eigenvalue weighted by atomic mass is 32.1. The van der Waals surface area contributed by atoms with Gasteiger partial charge in [0.15, 0.2) is 0 Å². The predicted molar refractivity (Wildman–Crippen MR) is 76.2 cm³/mol. The van der Waals surface area contributed by atoms with Crippen molar-refractivity contribution in [1.82, 2.24) is 25.8 Å². The Hall–Kier alpha value is -2.42. The maximum Gasteiger partial charge on any atom is 0.347 e. The van der Waals surface area contributed by atoms with Crippen LogP contribution in [0, 0.1) is 13.8 Å². The lowest BCUT2D eigenvalue weighted by Gasteiger charge is -2.05. The number of amides is 2. The minimum absolute atomic E-state index is 0.189. The Morgan fingerprint density at radius 1 is 1.33 bits per heavy atom. The van der Waals surface area contributed by atoms with E-state index in [1.807, 2.05) is 6.92 Å². The molecule has 8 nitrogen and oxygen atoms in total. The number of carbonyl (C=O) groups is 2. The zero-order valence-electron chi connectivity index (χ0n) is 11.6. The number of carboxylic acid groups (broad SMARTS) is 1. The van der Waals surface area contributed by atoms with Gasteiger partial charge >= 0.3 is 12.0 Å². The van der Waals surface area contributed by atoms with Crippen molar-refractivity contribution in [1.29, 1.82) is 0 Å². The first kappa shape index (κ1) is 15.0. The van der Waals surface area contributed by atoms with Crippen molar-refractivity contribution < 1.29 is 14.7 Å². The highest BCUT2D eigenvalue weighted by Crippen LogP contribution is 2.17. The normalized spacial score (nSPS) is 10.4. The van der Waals surface area contributed by atoms with Crippen molar-refractivity contribution in [3.63, 3.8) is 0 Å². The number of carboxylic acids is 1. The van der Waals surface area contributed by atoms with Gasteiger partial charge in [-0.2, -0.15) is 5.10 Å². The number of nitrogens with zero attached hydrogens (tertiary/aromatic N) is 2. The van der Waals surface area contributed by atoms with E-state index in [2.05, 4.69) is 25.8 Å². The zero-order valence-corrected chi connectivity index (χ0v) is 12.4. The van der Waals surface area contributed by atoms with E-state index < -0.39 is 5.97 Å². The van der Waals surface area contributed by atoms with Gasteiger partial charge < -0.3 is 15.7 Å². The number of urea groups is 1. The number of nitrogens with one attached hydrogen (secondary N) is 3. The van der Waals surface area contributed by atoms with Gasteiger partial charge in [0, 0.05) is 17.8 Å². The Labute approximate surface area is 124 Å². The van der Waals surface area contributed by atoms with Gasteiger partial charge in [-0.25, -0.2) is 14.6 Å². The number of hydrogen-bond donors (Lipinski definition) is 4. The summed E-state index contributed by atoms with van der Waals surface area (Å²) < 4.78 is 0. The number of rotatable bonds is 5. The summed E-state index contributed by atoms with van der Waals surface area (Å²) in [6, 6.07) is -0.347. The molecule has 0 aliphatic carbocycles. The molecule has 2 aromatic heterocycles. The van der Waals surface area contributed by atoms with E-state index in [1.54, 1.807) is 13.1 Å². The first-order valence-corrected chi connectivity index (χ1v) is 6.99. The molecule has 0 fully saturated rings. The molecule has 2 aromatic rings. The topological polar surface area (TPSA) is 120 Å². The van der Waals surface area contributed by atoms with Crippen molar-refractivity contribution >= 4 is 23.3 Å². The van der Waals surface area contributed by atoms with Gasteiger partial charge in [0.1, 0.15) is 9.88 Å². The monoisotopic (exact) mass is 309 g/mol. The number of H-pyrrole nitrogens is 1. The summed E-state index contributed by atoms with van der Waals surface area (Å²) in [6.45, 7) is 4.05. The number of thiazole rings is 1. The van der Waals surface area contributed by atoms with Gasteiger partial charge in [-0.05, 0) is 13.8 Å². The maximum absolute atomic E-state index is 11.7. The second-order valence-electron chi connectivity index (χ2n) is 4.38. The molecule has 0 aliphatic rings. The second-order valence-corrected chi connectivity index (χ2v) is 5.47. The molecular weight excluding hydrogens is 294 g/mol. The third-order valence-electron chi connectivity index (χ3n) is 2.81. The molecular formula is C12H15N5O3S. The van der Waals surface area contributed by atoms with Crippen LogP contribution in [0.15, 0.2) is 6.20 Å². The van der Waals surface area contributed by atoms with E-state index >= 15 is 0 Å². The van der Waals surface area contributed by atoms with Gasteiger partial charge in [-0.15, -0.1) is 11.3 Å². The van der Waals surface area contributed by atoms with E-state index in [-0.39, 0.29) is 17.5 Å². The van der Waals surface area contributed by atoms with Crippen LogP contribution in [-0.4, -0.2) is 32.3 Å². The van der Waals surface area contributed by atoms with Gasteiger partial charge in [0.25, 0.3) is 0 Å². The van der Waals surface area contributed by atoms with Gasteiger partial charge in [0.05, 0.1) is 18.4 Å². The molecule has 2 amide bonds. The van der Waals surface area contributed by atoms with E-state index in [4.69, 9.17) is 5.11 Å². The molecule has 2 heterocycles. The Morgan fingerprint density at radius 3 is 2.62 bits per heavy atom. The fourth-order valence-electron chi connectivity index (χ4n) is 1.67. The Bertz CT molecular complexity index is 664. The summed E-state index contributed by atoms with van der Waals surface area (Å²) >= 11 is 1.06. The van der Waals surface area contributed by atoms with Crippen molar-refractivity contribution in [3.8, 4) is 0 Å². The molecule has 4 N–H and O–H groups in total. The van der Waals surface area contributed by atoms with Crippen LogP contribution in [0.2, 0.25) is 0 Å². The molecule has 21 heavy (non-hydrogen) atoms. The van der Waals surface area contributed by atoms with E-state index in [0.717, 1.165) is 22.6 Å². The molecule has 0 bridgehead atoms. The van der Waals surface area contributed by atoms with Gasteiger partial charge in [0.2, 0.25) is 0 Å². The van der Waals surface area contributed by atoms with Crippen LogP contribution in [0.1, 0.15) is 31.6 Å². The SMILES string of the molecule is Cc1nc(CNC(=O)NCc2cn[nH]c2C)sc1C(=O)O. The lowest BCUT2D eigenvalue weighted by Crippen LogP contribution is -2.34. The van der Waals surface area contributed by atoms with Crippen molar-refractivity contribution in [2.24, 2.45) is 0 Å². The molecule has 0 saturated heterocycles. The summed E-state index contributed by atoms with van der Waals surface area (Å²) in [6.07, 6.45) is 1.65. The minimum atomic E-state index is -1.00. The summed E-state index contributed by atoms with van der Waals surface area (Å²) in [7, 11) is 0. The maximum atomic E-state index is 11.7. The first-order valence-electron chi connectivity index (χ1n) is 6.17. The third kappa shape index (κ3) is 3.78. The molecule has 0 spiro atoms. The summed E-state index contributed by atoms with van der Waals surface area (Å²) in [5.41, 5.74) is 2.26. The fourth-order valence-corrected chi connectivity index (χ4v) is 2.52. The highest BCUT2D eigenvalue weighted by molar-refractivity contribution is 7.13. The molecule has 0 aliphatic heterocycles. The lowest BCUT2D eigenvalue weighted by molar-refractivity contribution is 0.0701. The van der Waals surface area contributed by atoms with Crippen LogP contribution in [0.25, 0.3) is 0 Å². The Morgan fingerprint density at radius 2 is 2.05 bits per heavy atom. The van der Waals surface area contributed by atoms with Gasteiger partial charge in [-0.3, -0.25) is 5.10 Å². The number of hydrogen-bond acceptors (Lipinski definition) is 5. The molecule has 0 radical (unpaired) electrons. The number of aryl methyl sites for hydroxylation is 2. The number of carbonyl (C=O) groups excluding carboxylic acids is 1. The van der Waals surface area contributed by atoms with E-state index in [1.165, 1.54) is 0 Å². The van der Waals surface area contributed by atoms with Crippen molar-refractivity contribution in [2.45, 2.75) is 26.9 Å². The first-order chi connectivity index (χ1) is 9.97. The summed E-state index contributed by atoms with van der Waals surface area (Å²) in [4.78, 5) is 26.9. The minimum Gasteiger partial charge on any atom is -0.477 e. The van der Waals surface area contributed by atoms with Crippen LogP contribution in [0.4, 0.5) is 4.79 Å². The smallest absolute Gasteiger partial charge is 0.347 e. The molecule has 0 unspecified atom stereocenters.